The summed E-state index contributed by atoms with van der Waals surface area (Å²) >= 11 is 1.17. The van der Waals surface area contributed by atoms with Gasteiger partial charge in [0.2, 0.25) is 0 Å². The SMILES string of the molecule is Cc1cc(OC(C)C)ccc1N1C(=O)NC2c3c1ccnc3SC2C(=O)O. The molecule has 140 valence electrons. The predicted octanol–water partition coefficient (Wildman–Crippen LogP) is 3.64. The molecule has 2 aliphatic rings. The number of pyridine rings is 1. The fourth-order valence-electron chi connectivity index (χ4n) is 3.48. The second-order valence-corrected chi connectivity index (χ2v) is 7.93. The van der Waals surface area contributed by atoms with Crippen molar-refractivity contribution >= 4 is 35.1 Å². The van der Waals surface area contributed by atoms with Crippen LogP contribution < -0.4 is 15.0 Å². The number of carboxylic acids is 1. The molecule has 7 nitrogen and oxygen atoms in total. The van der Waals surface area contributed by atoms with E-state index >= 15 is 0 Å². The van der Waals surface area contributed by atoms with Crippen LogP contribution in [0.4, 0.5) is 16.2 Å². The van der Waals surface area contributed by atoms with Gasteiger partial charge in [-0.3, -0.25) is 9.69 Å². The van der Waals surface area contributed by atoms with Crippen LogP contribution in [-0.2, 0) is 4.79 Å². The van der Waals surface area contributed by atoms with E-state index in [-0.39, 0.29) is 12.1 Å². The van der Waals surface area contributed by atoms with Crippen LogP contribution in [0.25, 0.3) is 0 Å². The minimum atomic E-state index is -0.964. The van der Waals surface area contributed by atoms with E-state index in [4.69, 9.17) is 4.74 Å². The summed E-state index contributed by atoms with van der Waals surface area (Å²) in [5.74, 6) is -0.225. The molecule has 2 aromatic rings. The number of nitrogens with one attached hydrogen (secondary N) is 1. The van der Waals surface area contributed by atoms with Crippen LogP contribution in [0.3, 0.4) is 0 Å². The Labute approximate surface area is 160 Å². The fourth-order valence-corrected chi connectivity index (χ4v) is 4.64. The zero-order chi connectivity index (χ0) is 19.3. The number of aliphatic carboxylic acids is 1. The Balaban J connectivity index is 1.78. The number of carbonyl (C=O) groups excluding carboxylic acids is 1. The van der Waals surface area contributed by atoms with Gasteiger partial charge in [0.1, 0.15) is 16.0 Å². The average Bonchev–Trinajstić information content (AvgIpc) is 2.96. The van der Waals surface area contributed by atoms with Crippen LogP contribution in [0.15, 0.2) is 35.5 Å². The van der Waals surface area contributed by atoms with Gasteiger partial charge in [0.25, 0.3) is 0 Å². The average molecular weight is 385 g/mol. The number of ether oxygens (including phenoxy) is 1. The first kappa shape index (κ1) is 17.7. The van der Waals surface area contributed by atoms with Crippen LogP contribution in [-0.4, -0.2) is 33.4 Å². The third-order valence-electron chi connectivity index (χ3n) is 4.53. The monoisotopic (exact) mass is 385 g/mol. The van der Waals surface area contributed by atoms with Gasteiger partial charge in [0, 0.05) is 11.8 Å². The lowest BCUT2D eigenvalue weighted by atomic mass is 10.00. The van der Waals surface area contributed by atoms with E-state index in [1.807, 2.05) is 39.0 Å². The molecule has 0 spiro atoms. The molecular weight excluding hydrogens is 366 g/mol. The largest absolute Gasteiger partial charge is 0.491 e. The van der Waals surface area contributed by atoms with E-state index in [1.165, 1.54) is 11.8 Å². The van der Waals surface area contributed by atoms with Crippen molar-refractivity contribution in [2.75, 3.05) is 4.90 Å². The molecule has 0 bridgehead atoms. The third kappa shape index (κ3) is 2.90. The second kappa shape index (κ2) is 6.45. The number of rotatable bonds is 4. The number of carboxylic acid groups (broad SMARTS) is 1. The number of urea groups is 1. The normalized spacial score (nSPS) is 20.4. The highest BCUT2D eigenvalue weighted by Crippen LogP contribution is 2.50. The first-order valence-corrected chi connectivity index (χ1v) is 9.51. The highest BCUT2D eigenvalue weighted by atomic mass is 32.2. The molecule has 3 heterocycles. The number of hydrogen-bond acceptors (Lipinski definition) is 5. The standard InChI is InChI=1S/C19H19N3O4S/c1-9(2)26-11-4-5-12(10(3)8-11)22-13-6-7-20-17-14(13)15(21-19(22)25)16(27-17)18(23)24/h4-9,15-16H,1-3H3,(H,21,25)(H,23,24). The lowest BCUT2D eigenvalue weighted by Gasteiger charge is -2.34. The molecule has 1 aromatic carbocycles. The molecule has 4 rings (SSSR count). The Morgan fingerprint density at radius 1 is 1.33 bits per heavy atom. The molecule has 2 amide bonds. The summed E-state index contributed by atoms with van der Waals surface area (Å²) in [5.41, 5.74) is 3.04. The quantitative estimate of drug-likeness (QED) is 0.835. The van der Waals surface area contributed by atoms with Gasteiger partial charge in [0.05, 0.1) is 23.5 Å². The van der Waals surface area contributed by atoms with E-state index in [0.29, 0.717) is 10.7 Å². The van der Waals surface area contributed by atoms with E-state index in [9.17, 15) is 14.7 Å². The van der Waals surface area contributed by atoms with E-state index < -0.39 is 17.3 Å². The molecule has 0 radical (unpaired) electrons. The number of benzene rings is 1. The van der Waals surface area contributed by atoms with Crippen molar-refractivity contribution in [3.05, 3.63) is 41.6 Å². The highest BCUT2D eigenvalue weighted by molar-refractivity contribution is 8.00. The molecule has 8 heteroatoms. The summed E-state index contributed by atoms with van der Waals surface area (Å²) in [5, 5.41) is 12.2. The smallest absolute Gasteiger partial charge is 0.327 e. The minimum Gasteiger partial charge on any atom is -0.491 e. The van der Waals surface area contributed by atoms with E-state index in [0.717, 1.165) is 22.6 Å². The molecule has 0 fully saturated rings. The topological polar surface area (TPSA) is 91.8 Å². The lowest BCUT2D eigenvalue weighted by molar-refractivity contribution is -0.136. The van der Waals surface area contributed by atoms with Crippen LogP contribution >= 0.6 is 11.8 Å². The van der Waals surface area contributed by atoms with Gasteiger partial charge >= 0.3 is 12.0 Å². The number of aryl methyl sites for hydroxylation is 1. The van der Waals surface area contributed by atoms with Gasteiger partial charge in [-0.15, -0.1) is 0 Å². The Morgan fingerprint density at radius 3 is 2.78 bits per heavy atom. The second-order valence-electron chi connectivity index (χ2n) is 6.80. The van der Waals surface area contributed by atoms with E-state index in [1.54, 1.807) is 17.2 Å². The summed E-state index contributed by atoms with van der Waals surface area (Å²) in [7, 11) is 0. The van der Waals surface area contributed by atoms with Gasteiger partial charge in [-0.1, -0.05) is 11.8 Å². The van der Waals surface area contributed by atoms with Crippen molar-refractivity contribution in [3.8, 4) is 5.75 Å². The lowest BCUT2D eigenvalue weighted by Crippen LogP contribution is -2.47. The Kier molecular flexibility index (Phi) is 4.22. The van der Waals surface area contributed by atoms with Gasteiger partial charge < -0.3 is 15.2 Å². The van der Waals surface area contributed by atoms with Crippen molar-refractivity contribution in [1.29, 1.82) is 0 Å². The maximum Gasteiger partial charge on any atom is 0.327 e. The molecule has 2 atom stereocenters. The van der Waals surface area contributed by atoms with Gasteiger partial charge in [-0.25, -0.2) is 9.78 Å². The summed E-state index contributed by atoms with van der Waals surface area (Å²) in [6.45, 7) is 5.83. The number of anilines is 2. The molecule has 2 aliphatic heterocycles. The number of carbonyl (C=O) groups is 2. The summed E-state index contributed by atoms with van der Waals surface area (Å²) < 4.78 is 5.72. The fraction of sp³-hybridized carbons (Fsp3) is 0.316. The van der Waals surface area contributed by atoms with Crippen LogP contribution in [0.5, 0.6) is 5.75 Å². The molecule has 0 aliphatic carbocycles. The Bertz CT molecular complexity index is 947. The molecule has 0 saturated carbocycles. The maximum atomic E-state index is 12.9. The van der Waals surface area contributed by atoms with Crippen molar-refractivity contribution < 1.29 is 19.4 Å². The number of thioether (sulfide) groups is 1. The van der Waals surface area contributed by atoms with Crippen molar-refractivity contribution in [2.24, 2.45) is 0 Å². The van der Waals surface area contributed by atoms with Crippen molar-refractivity contribution in [1.82, 2.24) is 10.3 Å². The summed E-state index contributed by atoms with van der Waals surface area (Å²) in [6.07, 6.45) is 1.67. The predicted molar refractivity (Wildman–Crippen MR) is 102 cm³/mol. The third-order valence-corrected chi connectivity index (χ3v) is 5.81. The van der Waals surface area contributed by atoms with Crippen molar-refractivity contribution in [2.45, 2.75) is 43.2 Å². The Hall–Kier alpha value is -2.74. The van der Waals surface area contributed by atoms with Crippen LogP contribution in [0.1, 0.15) is 31.0 Å². The number of aromatic nitrogens is 1. The van der Waals surface area contributed by atoms with Gasteiger partial charge in [-0.05, 0) is 50.6 Å². The first-order chi connectivity index (χ1) is 12.9. The minimum absolute atomic E-state index is 0.0581. The van der Waals surface area contributed by atoms with Crippen molar-refractivity contribution in [3.63, 3.8) is 0 Å². The molecule has 2 N–H and O–H groups in total. The summed E-state index contributed by atoms with van der Waals surface area (Å²) in [6, 6.07) is 6.39. The zero-order valence-corrected chi connectivity index (χ0v) is 15.9. The molecule has 27 heavy (non-hydrogen) atoms. The van der Waals surface area contributed by atoms with E-state index in [2.05, 4.69) is 10.3 Å². The molecular formula is C19H19N3O4S. The molecule has 2 unspecified atom stereocenters. The molecule has 0 saturated heterocycles. The van der Waals surface area contributed by atoms with Gasteiger partial charge in [0.15, 0.2) is 0 Å². The first-order valence-electron chi connectivity index (χ1n) is 8.63. The highest BCUT2D eigenvalue weighted by Gasteiger charge is 2.46. The van der Waals surface area contributed by atoms with Gasteiger partial charge in [-0.2, -0.15) is 0 Å². The number of amides is 2. The van der Waals surface area contributed by atoms with Crippen LogP contribution in [0, 0.1) is 6.92 Å². The maximum absolute atomic E-state index is 12.9. The zero-order valence-electron chi connectivity index (χ0n) is 15.1. The number of hydrogen-bond donors (Lipinski definition) is 2. The molecule has 1 aromatic heterocycles. The van der Waals surface area contributed by atoms with Crippen LogP contribution in [0.2, 0.25) is 0 Å². The number of nitrogens with zero attached hydrogens (tertiary/aromatic N) is 2. The summed E-state index contributed by atoms with van der Waals surface area (Å²) in [4.78, 5) is 30.4. The Morgan fingerprint density at radius 2 is 2.11 bits per heavy atom.